The summed E-state index contributed by atoms with van der Waals surface area (Å²) < 4.78 is 0. The third-order valence-corrected chi connectivity index (χ3v) is 8.56. The van der Waals surface area contributed by atoms with Crippen molar-refractivity contribution in [1.82, 2.24) is 15.8 Å². The fourth-order valence-corrected chi connectivity index (χ4v) is 5.55. The zero-order chi connectivity index (χ0) is 36.9. The van der Waals surface area contributed by atoms with Crippen LogP contribution in [0.4, 0.5) is 0 Å². The van der Waals surface area contributed by atoms with Crippen LogP contribution in [-0.4, -0.2) is 25.0 Å². The Hall–Kier alpha value is -1.74. The van der Waals surface area contributed by atoms with Crippen molar-refractivity contribution < 1.29 is 0 Å². The Kier molecular flexibility index (Phi) is 54.9. The Morgan fingerprint density at radius 1 is 0.542 bits per heavy atom. The normalized spacial score (nSPS) is 9.96. The molecule has 2 N–H and O–H groups in total. The molecular formula is C45H91N3. The first-order valence-electron chi connectivity index (χ1n) is 20.6. The molecule has 0 bridgehead atoms. The summed E-state index contributed by atoms with van der Waals surface area (Å²) in [6, 6.07) is 0. The van der Waals surface area contributed by atoms with E-state index in [4.69, 9.17) is 0 Å². The second-order valence-electron chi connectivity index (χ2n) is 13.5. The van der Waals surface area contributed by atoms with Crippen LogP contribution in [0.25, 0.3) is 0 Å². The monoisotopic (exact) mass is 674 g/mol. The highest BCUT2D eigenvalue weighted by molar-refractivity contribution is 4.99. The Labute approximate surface area is 305 Å². The maximum absolute atomic E-state index is 4.11. The zero-order valence-electron chi connectivity index (χ0n) is 34.3. The number of hydrogen-bond acceptors (Lipinski definition) is 3. The van der Waals surface area contributed by atoms with Crippen LogP contribution in [0.5, 0.6) is 0 Å². The molecule has 286 valence electrons. The first kappa shape index (κ1) is 53.1. The molecule has 0 radical (unpaired) electrons. The van der Waals surface area contributed by atoms with Crippen LogP contribution in [0, 0.1) is 0 Å². The van der Waals surface area contributed by atoms with Crippen molar-refractivity contribution in [2.75, 3.05) is 20.1 Å². The molecule has 0 unspecified atom stereocenters. The van der Waals surface area contributed by atoms with Gasteiger partial charge >= 0.3 is 0 Å². The molecule has 0 aromatic carbocycles. The molecule has 0 heterocycles. The van der Waals surface area contributed by atoms with Gasteiger partial charge in [-0.05, 0) is 58.8 Å². The minimum absolute atomic E-state index is 0.930. The lowest BCUT2D eigenvalue weighted by molar-refractivity contribution is 0.350. The van der Waals surface area contributed by atoms with Crippen molar-refractivity contribution in [3.05, 3.63) is 62.5 Å². The average Bonchev–Trinajstić information content (AvgIpc) is 3.09. The zero-order valence-corrected chi connectivity index (χ0v) is 34.3. The molecule has 0 amide bonds. The highest BCUT2D eigenvalue weighted by Crippen LogP contribution is 2.14. The topological polar surface area (TPSA) is 27.3 Å². The Bertz CT molecular complexity index is 653. The van der Waals surface area contributed by atoms with Gasteiger partial charge in [0.2, 0.25) is 0 Å². The number of nitrogens with one attached hydrogen (secondary N) is 2. The number of unbranched alkanes of at least 4 members (excludes halogenated alkanes) is 21. The van der Waals surface area contributed by atoms with E-state index in [-0.39, 0.29) is 0 Å². The molecule has 48 heavy (non-hydrogen) atoms. The van der Waals surface area contributed by atoms with Crippen LogP contribution in [-0.2, 0) is 0 Å². The van der Waals surface area contributed by atoms with Gasteiger partial charge in [-0.25, -0.2) is 5.43 Å². The third-order valence-electron chi connectivity index (χ3n) is 8.56. The molecule has 0 aromatic heterocycles. The molecule has 0 aliphatic rings. The first-order valence-corrected chi connectivity index (χ1v) is 20.6. The molecule has 0 saturated carbocycles. The second-order valence-corrected chi connectivity index (χ2v) is 13.5. The fourth-order valence-electron chi connectivity index (χ4n) is 5.55. The van der Waals surface area contributed by atoms with Gasteiger partial charge in [-0.3, -0.25) is 0 Å². The van der Waals surface area contributed by atoms with Crippen LogP contribution < -0.4 is 10.9 Å². The molecule has 0 atom stereocenters. The predicted octanol–water partition coefficient (Wildman–Crippen LogP) is 15.2. The van der Waals surface area contributed by atoms with Crippen molar-refractivity contribution in [1.29, 1.82) is 0 Å². The van der Waals surface area contributed by atoms with E-state index < -0.39 is 0 Å². The summed E-state index contributed by atoms with van der Waals surface area (Å²) in [5, 5.41) is 0. The number of nitrogens with zero attached hydrogens (tertiary/aromatic N) is 1. The van der Waals surface area contributed by atoms with Crippen LogP contribution in [0.2, 0.25) is 0 Å². The minimum atomic E-state index is 0.930. The van der Waals surface area contributed by atoms with E-state index in [0.29, 0.717) is 0 Å². The Morgan fingerprint density at radius 2 is 0.938 bits per heavy atom. The Balaban J connectivity index is -0.000000295. The molecule has 0 aliphatic carbocycles. The summed E-state index contributed by atoms with van der Waals surface area (Å²) in [6.45, 7) is 34.9. The molecule has 3 nitrogen and oxygen atoms in total. The Morgan fingerprint density at radius 3 is 1.27 bits per heavy atom. The van der Waals surface area contributed by atoms with Gasteiger partial charge in [-0.2, -0.15) is 0 Å². The molecule has 3 heteroatoms. The number of allylic oxidation sites excluding steroid dienone is 4. The number of hydrogen-bond donors (Lipinski definition) is 2. The van der Waals surface area contributed by atoms with Crippen LogP contribution in [0.3, 0.4) is 0 Å². The summed E-state index contributed by atoms with van der Waals surface area (Å²) >= 11 is 0. The largest absolute Gasteiger partial charge is 0.376 e. The molecule has 0 fully saturated rings. The van der Waals surface area contributed by atoms with Gasteiger partial charge in [0, 0.05) is 31.5 Å². The molecule has 0 spiro atoms. The second kappa shape index (κ2) is 49.6. The van der Waals surface area contributed by atoms with E-state index in [0.717, 1.165) is 31.6 Å². The standard InChI is InChI=1S/C16H32.C15H30.C12H25N3.C2H4/c1-4-5-6-7-8-9-10-11-12-13-14-15-16(2)3;1-3-5-7-9-11-13-15-14-12-10-8-6-4-2;1-6-10-15(7-2)12(4)9-8-11(3)14-13-5;1-2/h2,4-15H2,1,3H3;3H,1,4-15H2,2H3;13-14H,3-4,6-10H2,1-2,5H3;1-2H2. The summed E-state index contributed by atoms with van der Waals surface area (Å²) in [5.74, 6) is 0. The van der Waals surface area contributed by atoms with Crippen molar-refractivity contribution in [2.24, 2.45) is 0 Å². The van der Waals surface area contributed by atoms with Gasteiger partial charge < -0.3 is 10.3 Å². The number of hydrazine groups is 1. The van der Waals surface area contributed by atoms with Crippen molar-refractivity contribution >= 4 is 0 Å². The van der Waals surface area contributed by atoms with Gasteiger partial charge in [0.05, 0.1) is 0 Å². The van der Waals surface area contributed by atoms with Gasteiger partial charge in [-0.15, -0.1) is 26.3 Å². The van der Waals surface area contributed by atoms with E-state index in [1.54, 1.807) is 0 Å². The summed E-state index contributed by atoms with van der Waals surface area (Å²) in [6.07, 6.45) is 39.0. The third kappa shape index (κ3) is 51.1. The highest BCUT2D eigenvalue weighted by Gasteiger charge is 2.04. The van der Waals surface area contributed by atoms with E-state index in [1.807, 2.05) is 13.1 Å². The summed E-state index contributed by atoms with van der Waals surface area (Å²) in [5.41, 5.74) is 9.41. The molecular weight excluding hydrogens is 583 g/mol. The maximum Gasteiger partial charge on any atom is 0.0193 e. The molecule has 0 aromatic rings. The quantitative estimate of drug-likeness (QED) is 0.0412. The van der Waals surface area contributed by atoms with E-state index in [2.05, 4.69) is 89.8 Å². The van der Waals surface area contributed by atoms with Crippen LogP contribution in [0.1, 0.15) is 208 Å². The van der Waals surface area contributed by atoms with Crippen LogP contribution in [0.15, 0.2) is 62.5 Å². The maximum atomic E-state index is 4.11. The van der Waals surface area contributed by atoms with Crippen LogP contribution >= 0.6 is 0 Å². The van der Waals surface area contributed by atoms with Crippen molar-refractivity contribution in [2.45, 2.75) is 208 Å². The SMILES string of the molecule is C=C.C=C(C)CCCCCCCCCCCCC.C=C(CCC(=C)N(CC)CCC)NNC.C=CCCCCCCCCCCCCC. The molecule has 0 aliphatic heterocycles. The van der Waals surface area contributed by atoms with E-state index in [9.17, 15) is 0 Å². The highest BCUT2D eigenvalue weighted by atomic mass is 15.3. The minimum Gasteiger partial charge on any atom is -0.376 e. The summed E-state index contributed by atoms with van der Waals surface area (Å²) in [7, 11) is 1.84. The van der Waals surface area contributed by atoms with E-state index in [1.165, 1.54) is 172 Å². The van der Waals surface area contributed by atoms with Gasteiger partial charge in [0.1, 0.15) is 0 Å². The predicted molar refractivity (Wildman–Crippen MR) is 226 cm³/mol. The summed E-state index contributed by atoms with van der Waals surface area (Å²) in [4.78, 5) is 2.33. The average molecular weight is 674 g/mol. The smallest absolute Gasteiger partial charge is 0.0193 e. The first-order chi connectivity index (χ1) is 23.3. The van der Waals surface area contributed by atoms with Crippen molar-refractivity contribution in [3.8, 4) is 0 Å². The fraction of sp³-hybridized carbons (Fsp3) is 0.778. The lowest BCUT2D eigenvalue weighted by Gasteiger charge is -2.25. The lowest BCUT2D eigenvalue weighted by atomic mass is 10.0. The van der Waals surface area contributed by atoms with Crippen molar-refractivity contribution in [3.63, 3.8) is 0 Å². The molecule has 0 rings (SSSR count). The van der Waals surface area contributed by atoms with E-state index >= 15 is 0 Å². The van der Waals surface area contributed by atoms with Gasteiger partial charge in [-0.1, -0.05) is 174 Å². The lowest BCUT2D eigenvalue weighted by Crippen LogP contribution is -2.27. The van der Waals surface area contributed by atoms with Gasteiger partial charge in [0.25, 0.3) is 0 Å². The number of rotatable bonds is 33. The molecule has 0 saturated heterocycles. The van der Waals surface area contributed by atoms with Gasteiger partial charge in [0.15, 0.2) is 0 Å².